The summed E-state index contributed by atoms with van der Waals surface area (Å²) >= 11 is 0. The van der Waals surface area contributed by atoms with Gasteiger partial charge in [-0.2, -0.15) is 0 Å². The number of morpholine rings is 1. The second kappa shape index (κ2) is 9.42. The highest BCUT2D eigenvalue weighted by Crippen LogP contribution is 2.34. The van der Waals surface area contributed by atoms with Gasteiger partial charge in [0.05, 0.1) is 30.3 Å². The van der Waals surface area contributed by atoms with Crippen LogP contribution in [0.4, 0.5) is 24.7 Å². The molecule has 0 bridgehead atoms. The van der Waals surface area contributed by atoms with Crippen LogP contribution in [-0.4, -0.2) is 48.2 Å². The number of nitrogens with two attached hydrogens (primary N) is 1. The van der Waals surface area contributed by atoms with Crippen molar-refractivity contribution in [1.82, 2.24) is 15.3 Å². The Morgan fingerprint density at radius 3 is 2.72 bits per heavy atom. The number of carbonyl (C=O) groups is 1. The molecule has 1 fully saturated rings. The Hall–Kier alpha value is -3.66. The fourth-order valence-corrected chi connectivity index (χ4v) is 4.63. The Morgan fingerprint density at radius 1 is 1.14 bits per heavy atom. The van der Waals surface area contributed by atoms with E-state index in [1.54, 1.807) is 4.90 Å². The van der Waals surface area contributed by atoms with E-state index in [-0.39, 0.29) is 57.5 Å². The molecule has 0 radical (unpaired) electrons. The molecule has 1 aromatic heterocycles. The predicted octanol–water partition coefficient (Wildman–Crippen LogP) is 3.96. The van der Waals surface area contributed by atoms with E-state index in [0.717, 1.165) is 6.07 Å². The minimum absolute atomic E-state index is 0.00405. The highest BCUT2D eigenvalue weighted by molar-refractivity contribution is 5.97. The van der Waals surface area contributed by atoms with Crippen molar-refractivity contribution in [2.45, 2.75) is 26.4 Å². The van der Waals surface area contributed by atoms with Crippen molar-refractivity contribution in [3.63, 3.8) is 0 Å². The summed E-state index contributed by atoms with van der Waals surface area (Å²) in [7, 11) is 0. The van der Waals surface area contributed by atoms with Crippen LogP contribution in [0.25, 0.3) is 22.5 Å². The van der Waals surface area contributed by atoms with Crippen molar-refractivity contribution >= 4 is 17.4 Å². The maximum absolute atomic E-state index is 15.3. The summed E-state index contributed by atoms with van der Waals surface area (Å²) in [6, 6.07) is 5.59. The topological polar surface area (TPSA) is 93.4 Å². The molecule has 2 aromatic carbocycles. The molecular weight excluding hydrogens is 471 g/mol. The maximum atomic E-state index is 15.3. The zero-order valence-electron chi connectivity index (χ0n) is 19.9. The van der Waals surface area contributed by atoms with E-state index in [0.29, 0.717) is 38.2 Å². The number of nitrogens with zero attached hydrogens (tertiary/aromatic N) is 3. The molecule has 0 unspecified atom stereocenters. The zero-order chi connectivity index (χ0) is 25.6. The lowest BCUT2D eigenvalue weighted by molar-refractivity contribution is 0.0112. The van der Waals surface area contributed by atoms with Crippen LogP contribution in [0.2, 0.25) is 0 Å². The number of carbonyl (C=O) groups excluding carboxylic acids is 1. The van der Waals surface area contributed by atoms with E-state index in [1.165, 1.54) is 24.4 Å². The number of anilines is 2. The van der Waals surface area contributed by atoms with Gasteiger partial charge in [-0.05, 0) is 42.2 Å². The van der Waals surface area contributed by atoms with Crippen LogP contribution in [0.5, 0.6) is 0 Å². The van der Waals surface area contributed by atoms with E-state index in [2.05, 4.69) is 15.3 Å². The number of hydrogen-bond acceptors (Lipinski definition) is 6. The third kappa shape index (κ3) is 4.26. The van der Waals surface area contributed by atoms with Crippen LogP contribution < -0.4 is 16.0 Å². The first kappa shape index (κ1) is 24.1. The Kier molecular flexibility index (Phi) is 6.29. The van der Waals surface area contributed by atoms with Crippen LogP contribution in [0.3, 0.4) is 0 Å². The number of amides is 1. The normalized spacial score (nSPS) is 17.8. The molecule has 2 aliphatic rings. The smallest absolute Gasteiger partial charge is 0.251 e. The summed E-state index contributed by atoms with van der Waals surface area (Å²) in [6.45, 7) is 5.79. The molecular formula is C26H26F3N5O2. The largest absolute Gasteiger partial charge is 0.382 e. The van der Waals surface area contributed by atoms with Crippen LogP contribution >= 0.6 is 0 Å². The highest BCUT2D eigenvalue weighted by atomic mass is 19.2. The van der Waals surface area contributed by atoms with Gasteiger partial charge in [0, 0.05) is 36.3 Å². The minimum atomic E-state index is -1.08. The number of nitrogen functional groups attached to an aromatic ring is 1. The first-order valence-corrected chi connectivity index (χ1v) is 11.8. The van der Waals surface area contributed by atoms with Crippen LogP contribution in [0.1, 0.15) is 29.8 Å². The molecule has 0 aliphatic carbocycles. The van der Waals surface area contributed by atoms with Crippen molar-refractivity contribution < 1.29 is 22.7 Å². The Balaban J connectivity index is 1.52. The van der Waals surface area contributed by atoms with Gasteiger partial charge in [0.15, 0.2) is 11.6 Å². The molecule has 10 heteroatoms. The molecule has 36 heavy (non-hydrogen) atoms. The lowest BCUT2D eigenvalue weighted by Crippen LogP contribution is -2.45. The lowest BCUT2D eigenvalue weighted by Gasteiger charge is -2.36. The summed E-state index contributed by atoms with van der Waals surface area (Å²) in [5, 5.41) is 2.67. The second-order valence-corrected chi connectivity index (χ2v) is 9.34. The molecule has 1 atom stereocenters. The van der Waals surface area contributed by atoms with Gasteiger partial charge in [-0.15, -0.1) is 0 Å². The number of ether oxygens (including phenoxy) is 1. The molecule has 5 rings (SSSR count). The molecule has 1 amide bonds. The Bertz CT molecular complexity index is 1350. The van der Waals surface area contributed by atoms with Crippen LogP contribution in [0.15, 0.2) is 30.5 Å². The van der Waals surface area contributed by atoms with E-state index in [4.69, 9.17) is 10.5 Å². The number of rotatable bonds is 4. The molecule has 2 aliphatic heterocycles. The third-order valence-electron chi connectivity index (χ3n) is 6.69. The van der Waals surface area contributed by atoms with Crippen molar-refractivity contribution in [3.8, 4) is 22.5 Å². The molecule has 188 valence electrons. The fraction of sp³-hybridized carbons (Fsp3) is 0.346. The average molecular weight is 498 g/mol. The van der Waals surface area contributed by atoms with Gasteiger partial charge in [0.25, 0.3) is 5.91 Å². The first-order chi connectivity index (χ1) is 17.2. The Labute approximate surface area is 206 Å². The van der Waals surface area contributed by atoms with Crippen molar-refractivity contribution in [2.24, 2.45) is 5.92 Å². The van der Waals surface area contributed by atoms with Crippen molar-refractivity contribution in [2.75, 3.05) is 36.9 Å². The average Bonchev–Trinajstić information content (AvgIpc) is 2.86. The van der Waals surface area contributed by atoms with E-state index >= 15 is 8.78 Å². The van der Waals surface area contributed by atoms with Crippen molar-refractivity contribution in [1.29, 1.82) is 0 Å². The van der Waals surface area contributed by atoms with E-state index < -0.39 is 17.5 Å². The summed E-state index contributed by atoms with van der Waals surface area (Å²) in [6.07, 6.45) is 1.66. The zero-order valence-corrected chi connectivity index (χ0v) is 19.9. The fourth-order valence-electron chi connectivity index (χ4n) is 4.63. The van der Waals surface area contributed by atoms with Crippen LogP contribution in [0, 0.1) is 23.4 Å². The third-order valence-corrected chi connectivity index (χ3v) is 6.69. The second-order valence-electron chi connectivity index (χ2n) is 9.34. The number of nitrogens with one attached hydrogen (secondary N) is 1. The summed E-state index contributed by atoms with van der Waals surface area (Å²) in [5.41, 5.74) is 6.97. The maximum Gasteiger partial charge on any atom is 0.251 e. The monoisotopic (exact) mass is 497 g/mol. The summed E-state index contributed by atoms with van der Waals surface area (Å²) in [5.74, 6) is -2.97. The Morgan fingerprint density at radius 2 is 1.94 bits per heavy atom. The first-order valence-electron chi connectivity index (χ1n) is 11.8. The number of fused-ring (bicyclic) bond motifs is 1. The van der Waals surface area contributed by atoms with Crippen LogP contribution in [-0.2, 0) is 11.2 Å². The van der Waals surface area contributed by atoms with E-state index in [9.17, 15) is 9.18 Å². The molecule has 3 heterocycles. The molecule has 0 saturated carbocycles. The van der Waals surface area contributed by atoms with Gasteiger partial charge in [-0.25, -0.2) is 23.1 Å². The molecule has 0 spiro atoms. The lowest BCUT2D eigenvalue weighted by atomic mass is 9.96. The number of benzene rings is 2. The predicted molar refractivity (Wildman–Crippen MR) is 130 cm³/mol. The van der Waals surface area contributed by atoms with Crippen molar-refractivity contribution in [3.05, 3.63) is 59.0 Å². The van der Waals surface area contributed by atoms with Gasteiger partial charge in [-0.1, -0.05) is 13.8 Å². The van der Waals surface area contributed by atoms with Gasteiger partial charge in [0.2, 0.25) is 0 Å². The van der Waals surface area contributed by atoms with Gasteiger partial charge in [-0.3, -0.25) is 4.79 Å². The number of halogens is 3. The molecule has 3 N–H and O–H groups in total. The number of hydrogen-bond donors (Lipinski definition) is 2. The standard InChI is InChI=1S/C26H26F3N5O2/c1-13(2)21-12-34(7-8-36-21)20-4-3-15(22(28)23(20)29)19-11-32-25(30)24(33-19)17-9-14-5-6-31-26(35)16(14)10-18(17)27/h3-4,9-11,13,21H,5-8,12H2,1-2H3,(H2,30,32)(H,31,35)/t21-/m0/s1. The summed E-state index contributed by atoms with van der Waals surface area (Å²) < 4.78 is 51.2. The molecule has 7 nitrogen and oxygen atoms in total. The van der Waals surface area contributed by atoms with Gasteiger partial charge >= 0.3 is 0 Å². The number of aromatic nitrogens is 2. The van der Waals surface area contributed by atoms with Gasteiger partial charge in [0.1, 0.15) is 17.3 Å². The van der Waals surface area contributed by atoms with E-state index in [1.807, 2.05) is 13.8 Å². The molecule has 1 saturated heterocycles. The summed E-state index contributed by atoms with van der Waals surface area (Å²) in [4.78, 5) is 22.2. The molecule has 3 aromatic rings. The van der Waals surface area contributed by atoms with Gasteiger partial charge < -0.3 is 20.7 Å². The highest BCUT2D eigenvalue weighted by Gasteiger charge is 2.28. The minimum Gasteiger partial charge on any atom is -0.382 e. The quantitative estimate of drug-likeness (QED) is 0.567. The SMILES string of the molecule is CC(C)[C@@H]1CN(c2ccc(-c3cnc(N)c(-c4cc5c(cc4F)C(=O)NCC5)n3)c(F)c2F)CCO1.